The summed E-state index contributed by atoms with van der Waals surface area (Å²) < 4.78 is 16.2. The van der Waals surface area contributed by atoms with Gasteiger partial charge in [0, 0.05) is 5.02 Å². The van der Waals surface area contributed by atoms with Crippen LogP contribution in [0, 0.1) is 0 Å². The maximum absolute atomic E-state index is 12.0. The van der Waals surface area contributed by atoms with Crippen molar-refractivity contribution in [1.82, 2.24) is 5.32 Å². The van der Waals surface area contributed by atoms with Crippen LogP contribution < -0.4 is 10.1 Å². The molecular formula is C17H13Cl2NO4. The van der Waals surface area contributed by atoms with Gasteiger partial charge >= 0.3 is 0 Å². The monoisotopic (exact) mass is 365 g/mol. The molecule has 3 aromatic rings. The van der Waals surface area contributed by atoms with E-state index >= 15 is 0 Å². The van der Waals surface area contributed by atoms with E-state index in [9.17, 15) is 4.79 Å². The molecule has 0 bridgehead atoms. The fourth-order valence-electron chi connectivity index (χ4n) is 1.99. The molecular weight excluding hydrogens is 353 g/mol. The Morgan fingerprint density at radius 3 is 2.75 bits per heavy atom. The summed E-state index contributed by atoms with van der Waals surface area (Å²) >= 11 is 11.9. The van der Waals surface area contributed by atoms with Gasteiger partial charge in [-0.05, 0) is 42.5 Å². The van der Waals surface area contributed by atoms with Crippen LogP contribution in [0.25, 0.3) is 0 Å². The molecule has 3 rings (SSSR count). The van der Waals surface area contributed by atoms with Crippen LogP contribution in [-0.2, 0) is 13.2 Å². The van der Waals surface area contributed by atoms with E-state index in [1.165, 1.54) is 0 Å². The summed E-state index contributed by atoms with van der Waals surface area (Å²) in [5, 5.41) is 3.64. The van der Waals surface area contributed by atoms with Gasteiger partial charge in [0.25, 0.3) is 5.91 Å². The molecule has 1 aromatic carbocycles. The number of ether oxygens (including phenoxy) is 1. The van der Waals surface area contributed by atoms with Gasteiger partial charge in [0.15, 0.2) is 5.76 Å². The largest absolute Gasteiger partial charge is 0.484 e. The fourth-order valence-corrected chi connectivity index (χ4v) is 2.45. The normalized spacial score (nSPS) is 10.6. The van der Waals surface area contributed by atoms with Crippen molar-refractivity contribution in [3.05, 3.63) is 76.1 Å². The van der Waals surface area contributed by atoms with Gasteiger partial charge < -0.3 is 18.9 Å². The van der Waals surface area contributed by atoms with E-state index in [2.05, 4.69) is 5.32 Å². The molecule has 0 unspecified atom stereocenters. The summed E-state index contributed by atoms with van der Waals surface area (Å²) in [4.78, 5) is 12.0. The highest BCUT2D eigenvalue weighted by Gasteiger charge is 2.12. The third-order valence-electron chi connectivity index (χ3n) is 3.15. The first-order valence-electron chi connectivity index (χ1n) is 7.09. The van der Waals surface area contributed by atoms with Crippen molar-refractivity contribution in [3.63, 3.8) is 0 Å². The lowest BCUT2D eigenvalue weighted by Gasteiger charge is -2.06. The highest BCUT2D eigenvalue weighted by atomic mass is 35.5. The van der Waals surface area contributed by atoms with Crippen LogP contribution in [0.15, 0.2) is 57.6 Å². The van der Waals surface area contributed by atoms with Crippen LogP contribution in [0.4, 0.5) is 0 Å². The molecule has 0 aliphatic heterocycles. The minimum atomic E-state index is -0.331. The zero-order chi connectivity index (χ0) is 16.9. The molecule has 0 aliphatic rings. The molecule has 2 aromatic heterocycles. The Hall–Kier alpha value is -2.37. The van der Waals surface area contributed by atoms with E-state index in [0.29, 0.717) is 33.9 Å². The molecule has 24 heavy (non-hydrogen) atoms. The molecule has 0 fully saturated rings. The molecule has 5 nitrogen and oxygen atoms in total. The number of halogens is 2. The van der Waals surface area contributed by atoms with Crippen LogP contribution in [0.5, 0.6) is 5.75 Å². The first-order valence-corrected chi connectivity index (χ1v) is 7.84. The lowest BCUT2D eigenvalue weighted by atomic mass is 10.3. The molecule has 124 valence electrons. The van der Waals surface area contributed by atoms with Crippen molar-refractivity contribution in [1.29, 1.82) is 0 Å². The Kier molecular flexibility index (Phi) is 5.13. The number of nitrogens with one attached hydrogen (secondary N) is 1. The van der Waals surface area contributed by atoms with Crippen LogP contribution in [0.3, 0.4) is 0 Å². The number of furan rings is 2. The highest BCUT2D eigenvalue weighted by Crippen LogP contribution is 2.28. The first-order chi connectivity index (χ1) is 11.6. The molecule has 0 spiro atoms. The van der Waals surface area contributed by atoms with Crippen molar-refractivity contribution >= 4 is 29.1 Å². The average Bonchev–Trinajstić information content (AvgIpc) is 3.23. The molecule has 0 saturated carbocycles. The molecule has 0 saturated heterocycles. The van der Waals surface area contributed by atoms with E-state index in [1.807, 2.05) is 0 Å². The fraction of sp³-hybridized carbons (Fsp3) is 0.118. The predicted molar refractivity (Wildman–Crippen MR) is 89.4 cm³/mol. The van der Waals surface area contributed by atoms with Gasteiger partial charge in [-0.3, -0.25) is 4.79 Å². The summed E-state index contributed by atoms with van der Waals surface area (Å²) in [6.07, 6.45) is 1.55. The van der Waals surface area contributed by atoms with Gasteiger partial charge in [0.05, 0.1) is 17.8 Å². The van der Waals surface area contributed by atoms with Crippen LogP contribution in [0.2, 0.25) is 10.0 Å². The van der Waals surface area contributed by atoms with Gasteiger partial charge in [-0.1, -0.05) is 23.2 Å². The highest BCUT2D eigenvalue weighted by molar-refractivity contribution is 6.35. The maximum Gasteiger partial charge on any atom is 0.287 e. The third kappa shape index (κ3) is 4.13. The van der Waals surface area contributed by atoms with Gasteiger partial charge in [0.2, 0.25) is 0 Å². The second kappa shape index (κ2) is 7.47. The van der Waals surface area contributed by atoms with Crippen molar-refractivity contribution in [2.24, 2.45) is 0 Å². The number of hydrogen-bond acceptors (Lipinski definition) is 4. The van der Waals surface area contributed by atoms with Crippen LogP contribution in [0.1, 0.15) is 22.1 Å². The van der Waals surface area contributed by atoms with Gasteiger partial charge in [-0.2, -0.15) is 0 Å². The van der Waals surface area contributed by atoms with Crippen molar-refractivity contribution in [2.75, 3.05) is 0 Å². The summed E-state index contributed by atoms with van der Waals surface area (Å²) in [6, 6.07) is 11.7. The molecule has 7 heteroatoms. The van der Waals surface area contributed by atoms with Crippen LogP contribution >= 0.6 is 23.2 Å². The molecule has 1 amide bonds. The molecule has 2 heterocycles. The standard InChI is InChI=1S/C17H13Cl2NO4/c18-11-3-5-15(14(19)8-11)23-10-13-4-6-16(24-13)17(21)20-9-12-2-1-7-22-12/h1-8H,9-10H2,(H,20,21). The Morgan fingerprint density at radius 2 is 2.00 bits per heavy atom. The van der Waals surface area contributed by atoms with E-state index < -0.39 is 0 Å². The summed E-state index contributed by atoms with van der Waals surface area (Å²) in [5.41, 5.74) is 0. The Balaban J connectivity index is 1.55. The molecule has 1 N–H and O–H groups in total. The predicted octanol–water partition coefficient (Wildman–Crippen LogP) is 4.69. The second-order valence-electron chi connectivity index (χ2n) is 4.89. The van der Waals surface area contributed by atoms with Gasteiger partial charge in [-0.25, -0.2) is 0 Å². The molecule has 0 atom stereocenters. The van der Waals surface area contributed by atoms with Crippen molar-refractivity contribution < 1.29 is 18.4 Å². The van der Waals surface area contributed by atoms with Crippen molar-refractivity contribution in [3.8, 4) is 5.75 Å². The zero-order valence-corrected chi connectivity index (χ0v) is 13.9. The van der Waals surface area contributed by atoms with Crippen molar-refractivity contribution in [2.45, 2.75) is 13.2 Å². The zero-order valence-electron chi connectivity index (χ0n) is 12.4. The maximum atomic E-state index is 12.0. The smallest absolute Gasteiger partial charge is 0.287 e. The molecule has 0 aliphatic carbocycles. The number of hydrogen-bond donors (Lipinski definition) is 1. The lowest BCUT2D eigenvalue weighted by Crippen LogP contribution is -2.21. The lowest BCUT2D eigenvalue weighted by molar-refractivity contribution is 0.0916. The third-order valence-corrected chi connectivity index (χ3v) is 3.68. The number of carbonyl (C=O) groups is 1. The Labute approximate surface area is 148 Å². The minimum Gasteiger partial charge on any atom is -0.484 e. The number of benzene rings is 1. The minimum absolute atomic E-state index is 0.146. The summed E-state index contributed by atoms with van der Waals surface area (Å²) in [7, 11) is 0. The quantitative estimate of drug-likeness (QED) is 0.688. The van der Waals surface area contributed by atoms with Gasteiger partial charge in [0.1, 0.15) is 23.9 Å². The molecule has 0 radical (unpaired) electrons. The topological polar surface area (TPSA) is 64.6 Å². The summed E-state index contributed by atoms with van der Waals surface area (Å²) in [6.45, 7) is 0.436. The Bertz CT molecular complexity index is 827. The van der Waals surface area contributed by atoms with Gasteiger partial charge in [-0.15, -0.1) is 0 Å². The second-order valence-corrected chi connectivity index (χ2v) is 5.74. The SMILES string of the molecule is O=C(NCc1ccco1)c1ccc(COc2ccc(Cl)cc2Cl)o1. The van der Waals surface area contributed by atoms with Crippen LogP contribution in [-0.4, -0.2) is 5.91 Å². The average molecular weight is 366 g/mol. The number of amides is 1. The van der Waals surface area contributed by atoms with E-state index in [0.717, 1.165) is 0 Å². The van der Waals surface area contributed by atoms with E-state index in [-0.39, 0.29) is 18.3 Å². The Morgan fingerprint density at radius 1 is 1.12 bits per heavy atom. The first kappa shape index (κ1) is 16.5. The van der Waals surface area contributed by atoms with E-state index in [4.69, 9.17) is 36.8 Å². The van der Waals surface area contributed by atoms with E-state index in [1.54, 1.807) is 48.7 Å². The number of rotatable bonds is 6. The number of carbonyl (C=O) groups excluding carboxylic acids is 1. The summed E-state index contributed by atoms with van der Waals surface area (Å²) in [5.74, 6) is 1.52.